The average Bonchev–Trinajstić information content (AvgIpc) is 3.31. The van der Waals surface area contributed by atoms with Gasteiger partial charge < -0.3 is 29.5 Å². The van der Waals surface area contributed by atoms with E-state index in [1.165, 1.54) is 186 Å². The smallest absolute Gasteiger partial charge is 0.306 e. The van der Waals surface area contributed by atoms with Crippen molar-refractivity contribution < 1.29 is 43.9 Å². The van der Waals surface area contributed by atoms with Crippen molar-refractivity contribution in [2.75, 3.05) is 26.4 Å². The number of rotatable bonds is 50. The average molecular weight is 925 g/mol. The normalized spacial score (nSPS) is 11.4. The van der Waals surface area contributed by atoms with Crippen LogP contribution in [0, 0.1) is 0 Å². The lowest BCUT2D eigenvalue weighted by Gasteiger charge is -2.18. The Morgan fingerprint density at radius 3 is 0.877 bits per heavy atom. The highest BCUT2D eigenvalue weighted by Crippen LogP contribution is 2.16. The van der Waals surface area contributed by atoms with E-state index in [0.717, 1.165) is 64.2 Å². The fraction of sp³-hybridized carbons (Fsp3) is 0.911. The first-order chi connectivity index (χ1) is 31.8. The van der Waals surface area contributed by atoms with Gasteiger partial charge in [-0.25, -0.2) is 0 Å². The molecule has 0 unspecified atom stereocenters. The van der Waals surface area contributed by atoms with Crippen LogP contribution in [0.3, 0.4) is 0 Å². The fourth-order valence-corrected chi connectivity index (χ4v) is 7.85. The number of aliphatic hydroxyl groups is 3. The van der Waals surface area contributed by atoms with Crippen LogP contribution in [0.4, 0.5) is 0 Å². The van der Waals surface area contributed by atoms with Crippen LogP contribution >= 0.6 is 0 Å². The second kappa shape index (κ2) is 56.4. The highest BCUT2D eigenvalue weighted by atomic mass is 16.6. The summed E-state index contributed by atoms with van der Waals surface area (Å²) in [6.07, 6.45) is 52.3. The predicted octanol–water partition coefficient (Wildman–Crippen LogP) is 15.3. The van der Waals surface area contributed by atoms with E-state index in [1.807, 2.05) is 0 Å². The Kier molecular flexibility index (Phi) is 56.5. The van der Waals surface area contributed by atoms with Crippen molar-refractivity contribution in [3.63, 3.8) is 0 Å². The number of carbonyl (C=O) groups excluding carboxylic acids is 3. The van der Waals surface area contributed by atoms with E-state index < -0.39 is 12.2 Å². The lowest BCUT2D eigenvalue weighted by Crippen LogP contribution is -2.30. The van der Waals surface area contributed by atoms with Gasteiger partial charge >= 0.3 is 17.9 Å². The van der Waals surface area contributed by atoms with Crippen molar-refractivity contribution in [3.8, 4) is 0 Å². The predicted molar refractivity (Wildman–Crippen MR) is 272 cm³/mol. The van der Waals surface area contributed by atoms with E-state index in [4.69, 9.17) is 29.5 Å². The zero-order valence-corrected chi connectivity index (χ0v) is 43.1. The van der Waals surface area contributed by atoms with Gasteiger partial charge in [-0.2, -0.15) is 0 Å². The number of carbonyl (C=O) groups is 3. The fourth-order valence-electron chi connectivity index (χ4n) is 7.85. The van der Waals surface area contributed by atoms with Crippen LogP contribution in [0.2, 0.25) is 0 Å². The molecule has 0 aliphatic carbocycles. The van der Waals surface area contributed by atoms with E-state index in [-0.39, 0.29) is 44.3 Å². The molecule has 0 rings (SSSR count). The summed E-state index contributed by atoms with van der Waals surface area (Å²) in [6, 6.07) is 0. The van der Waals surface area contributed by atoms with Gasteiger partial charge in [-0.15, -0.1) is 0 Å². The van der Waals surface area contributed by atoms with Crippen LogP contribution in [0.25, 0.3) is 0 Å². The van der Waals surface area contributed by atoms with Gasteiger partial charge in [0.25, 0.3) is 0 Å². The maximum Gasteiger partial charge on any atom is 0.306 e. The summed E-state index contributed by atoms with van der Waals surface area (Å²) in [5.41, 5.74) is 0. The number of allylic oxidation sites excluding steroid dienone is 2. The van der Waals surface area contributed by atoms with E-state index in [9.17, 15) is 14.4 Å². The largest absolute Gasteiger partial charge is 0.462 e. The minimum Gasteiger partial charge on any atom is -0.462 e. The summed E-state index contributed by atoms with van der Waals surface area (Å²) in [6.45, 7) is 5.93. The lowest BCUT2D eigenvalue weighted by atomic mass is 10.0. The maximum absolute atomic E-state index is 12.8. The molecule has 0 bridgehead atoms. The van der Waals surface area contributed by atoms with Crippen LogP contribution in [-0.4, -0.2) is 71.9 Å². The maximum atomic E-state index is 12.8. The van der Waals surface area contributed by atoms with Crippen LogP contribution < -0.4 is 0 Å². The Bertz CT molecular complexity index is 952. The molecular formula is C56H108O9. The molecule has 3 N–H and O–H groups in total. The minimum absolute atomic E-state index is 0.0680. The molecule has 0 aromatic rings. The first-order valence-electron chi connectivity index (χ1n) is 27.9. The molecular weight excluding hydrogens is 817 g/mol. The summed E-state index contributed by atoms with van der Waals surface area (Å²) >= 11 is 0. The molecule has 9 heteroatoms. The SMILES string of the molecule is CCCCCCCC/C=C\CCCCCCCC(=O)OC(COC(=O)CCCCCCCCCCCCCCC)COC(=O)CCCCCCCCCCCCCCC.OCC(O)CO. The van der Waals surface area contributed by atoms with Crippen LogP contribution in [0.15, 0.2) is 12.2 Å². The Balaban J connectivity index is 0. The molecule has 0 aromatic heterocycles. The molecule has 0 heterocycles. The zero-order valence-electron chi connectivity index (χ0n) is 43.1. The summed E-state index contributed by atoms with van der Waals surface area (Å²) in [5.74, 6) is -0.859. The first kappa shape index (κ1) is 65.1. The van der Waals surface area contributed by atoms with E-state index >= 15 is 0 Å². The molecule has 0 atom stereocenters. The monoisotopic (exact) mass is 925 g/mol. The van der Waals surface area contributed by atoms with Gasteiger partial charge in [0.15, 0.2) is 6.10 Å². The number of esters is 3. The van der Waals surface area contributed by atoms with E-state index in [0.29, 0.717) is 19.3 Å². The van der Waals surface area contributed by atoms with Gasteiger partial charge in [-0.05, 0) is 44.9 Å². The molecule has 0 spiro atoms. The number of unbranched alkanes of at least 4 members (excludes halogenated alkanes) is 35. The summed E-state index contributed by atoms with van der Waals surface area (Å²) in [4.78, 5) is 37.9. The summed E-state index contributed by atoms with van der Waals surface area (Å²) in [5, 5.41) is 24.0. The van der Waals surface area contributed by atoms with Crippen LogP contribution in [-0.2, 0) is 28.6 Å². The molecule has 386 valence electrons. The number of aliphatic hydroxyl groups excluding tert-OH is 3. The van der Waals surface area contributed by atoms with Crippen molar-refractivity contribution in [1.29, 1.82) is 0 Å². The second-order valence-electron chi connectivity index (χ2n) is 18.8. The molecule has 0 aliphatic rings. The number of ether oxygens (including phenoxy) is 3. The molecule has 0 aromatic carbocycles. The Morgan fingerprint density at radius 1 is 0.369 bits per heavy atom. The van der Waals surface area contributed by atoms with Gasteiger partial charge in [-0.1, -0.05) is 238 Å². The third-order valence-corrected chi connectivity index (χ3v) is 12.2. The molecule has 0 saturated heterocycles. The molecule has 65 heavy (non-hydrogen) atoms. The molecule has 0 amide bonds. The topological polar surface area (TPSA) is 140 Å². The zero-order chi connectivity index (χ0) is 47.9. The number of hydrogen-bond donors (Lipinski definition) is 3. The third kappa shape index (κ3) is 56.3. The molecule has 0 aliphatic heterocycles. The van der Waals surface area contributed by atoms with Crippen molar-refractivity contribution in [3.05, 3.63) is 12.2 Å². The van der Waals surface area contributed by atoms with Gasteiger partial charge in [0.2, 0.25) is 0 Å². The van der Waals surface area contributed by atoms with Crippen molar-refractivity contribution in [2.45, 2.75) is 303 Å². The van der Waals surface area contributed by atoms with Gasteiger partial charge in [0.1, 0.15) is 19.3 Å². The summed E-state index contributed by atoms with van der Waals surface area (Å²) < 4.78 is 16.8. The van der Waals surface area contributed by atoms with Gasteiger partial charge in [-0.3, -0.25) is 14.4 Å². The standard InChI is InChI=1S/C53H100O6.C3H8O3/c1-4-7-10-13-16-19-22-25-26-29-32-35-38-41-44-47-53(56)59-50(48-57-51(54)45-42-39-36-33-30-27-23-20-17-14-11-8-5-2)49-58-52(55)46-43-40-37-34-31-28-24-21-18-15-12-9-6-3;4-1-3(6)2-5/h25-26,50H,4-24,27-49H2,1-3H3;3-6H,1-2H2/b26-25-;. The van der Waals surface area contributed by atoms with Crippen LogP contribution in [0.1, 0.15) is 290 Å². The Labute approximate surface area is 401 Å². The molecule has 0 saturated carbocycles. The summed E-state index contributed by atoms with van der Waals surface area (Å²) in [7, 11) is 0. The van der Waals surface area contributed by atoms with Crippen LogP contribution in [0.5, 0.6) is 0 Å². The number of hydrogen-bond acceptors (Lipinski definition) is 9. The minimum atomic E-state index is -0.954. The van der Waals surface area contributed by atoms with E-state index in [1.54, 1.807) is 0 Å². The Hall–Kier alpha value is -1.97. The van der Waals surface area contributed by atoms with Crippen molar-refractivity contribution in [2.24, 2.45) is 0 Å². The first-order valence-corrected chi connectivity index (χ1v) is 27.9. The van der Waals surface area contributed by atoms with Crippen molar-refractivity contribution in [1.82, 2.24) is 0 Å². The second-order valence-corrected chi connectivity index (χ2v) is 18.8. The van der Waals surface area contributed by atoms with Gasteiger partial charge in [0.05, 0.1) is 13.2 Å². The lowest BCUT2D eigenvalue weighted by molar-refractivity contribution is -0.167. The molecule has 9 nitrogen and oxygen atoms in total. The Morgan fingerprint density at radius 2 is 0.615 bits per heavy atom. The van der Waals surface area contributed by atoms with Crippen molar-refractivity contribution >= 4 is 17.9 Å². The van der Waals surface area contributed by atoms with Gasteiger partial charge in [0, 0.05) is 19.3 Å². The molecule has 0 radical (unpaired) electrons. The quantitative estimate of drug-likeness (QED) is 0.0235. The molecule has 0 fully saturated rings. The third-order valence-electron chi connectivity index (χ3n) is 12.2. The van der Waals surface area contributed by atoms with E-state index in [2.05, 4.69) is 32.9 Å². The highest BCUT2D eigenvalue weighted by Gasteiger charge is 2.19. The highest BCUT2D eigenvalue weighted by molar-refractivity contribution is 5.71.